The third-order valence-electron chi connectivity index (χ3n) is 4.30. The molecule has 0 saturated heterocycles. The molecule has 0 saturated carbocycles. The summed E-state index contributed by atoms with van der Waals surface area (Å²) >= 11 is 1.43. The van der Waals surface area contributed by atoms with Crippen LogP contribution in [0.1, 0.15) is 11.3 Å². The van der Waals surface area contributed by atoms with E-state index in [1.165, 1.54) is 18.0 Å². The van der Waals surface area contributed by atoms with E-state index in [-0.39, 0.29) is 11.7 Å². The summed E-state index contributed by atoms with van der Waals surface area (Å²) in [6.07, 6.45) is 1.53. The van der Waals surface area contributed by atoms with Gasteiger partial charge < -0.3 is 14.2 Å². The number of hydrogen-bond donors (Lipinski definition) is 1. The van der Waals surface area contributed by atoms with Crippen molar-refractivity contribution in [3.63, 3.8) is 0 Å². The smallest absolute Gasteiger partial charge is 0.250 e. The summed E-state index contributed by atoms with van der Waals surface area (Å²) in [7, 11) is 4.74. The van der Waals surface area contributed by atoms with E-state index in [0.29, 0.717) is 22.8 Å². The number of aromatic nitrogens is 1. The quantitative estimate of drug-likeness (QED) is 0.336. The second-order valence-electron chi connectivity index (χ2n) is 6.28. The molecule has 1 N–H and O–H groups in total. The van der Waals surface area contributed by atoms with E-state index in [2.05, 4.69) is 15.5 Å². The topological polar surface area (TPSA) is 82.0 Å². The average molecular weight is 426 g/mol. The van der Waals surface area contributed by atoms with Gasteiger partial charge in [-0.3, -0.25) is 4.79 Å². The van der Waals surface area contributed by atoms with Crippen LogP contribution in [0.15, 0.2) is 52.5 Å². The number of hydrogen-bond acceptors (Lipinski definition) is 7. The Bertz CT molecular complexity index is 1090. The van der Waals surface area contributed by atoms with Crippen LogP contribution in [0, 0.1) is 6.92 Å². The van der Waals surface area contributed by atoms with Crippen LogP contribution in [0.25, 0.3) is 10.9 Å². The Morgan fingerprint density at radius 1 is 1.10 bits per heavy atom. The van der Waals surface area contributed by atoms with E-state index >= 15 is 0 Å². The largest absolute Gasteiger partial charge is 0.494 e. The van der Waals surface area contributed by atoms with Gasteiger partial charge in [-0.1, -0.05) is 18.2 Å². The van der Waals surface area contributed by atoms with Crippen LogP contribution in [0.3, 0.4) is 0 Å². The van der Waals surface area contributed by atoms with E-state index in [0.717, 1.165) is 21.5 Å². The molecule has 0 aliphatic heterocycles. The van der Waals surface area contributed by atoms with Gasteiger partial charge in [-0.05, 0) is 31.2 Å². The highest BCUT2D eigenvalue weighted by Crippen LogP contribution is 2.32. The molecule has 1 heterocycles. The molecule has 0 fully saturated rings. The van der Waals surface area contributed by atoms with Crippen molar-refractivity contribution in [1.82, 2.24) is 10.4 Å². The first-order valence-electron chi connectivity index (χ1n) is 9.17. The first kappa shape index (κ1) is 21.4. The molecule has 3 aromatic rings. The number of fused-ring (bicyclic) bond motifs is 1. The molecule has 1 aromatic heterocycles. The molecule has 1 amide bonds. The van der Waals surface area contributed by atoms with Crippen molar-refractivity contribution in [2.75, 3.05) is 27.1 Å². The molecule has 0 aliphatic rings. The summed E-state index contributed by atoms with van der Waals surface area (Å²) in [4.78, 5) is 17.8. The Morgan fingerprint density at radius 3 is 2.57 bits per heavy atom. The maximum Gasteiger partial charge on any atom is 0.250 e. The van der Waals surface area contributed by atoms with Crippen molar-refractivity contribution in [2.24, 2.45) is 5.10 Å². The van der Waals surface area contributed by atoms with Gasteiger partial charge in [-0.15, -0.1) is 11.8 Å². The number of amides is 1. The monoisotopic (exact) mass is 425 g/mol. The highest BCUT2D eigenvalue weighted by Gasteiger charge is 2.11. The average Bonchev–Trinajstić information content (AvgIpc) is 2.76. The lowest BCUT2D eigenvalue weighted by Gasteiger charge is -2.10. The molecule has 3 rings (SSSR count). The summed E-state index contributed by atoms with van der Waals surface area (Å²) in [5.41, 5.74) is 4.89. The number of carbonyl (C=O) groups is 1. The molecular weight excluding hydrogens is 402 g/mol. The minimum Gasteiger partial charge on any atom is -0.494 e. The molecule has 0 unspecified atom stereocenters. The maximum atomic E-state index is 12.3. The van der Waals surface area contributed by atoms with Gasteiger partial charge in [0.25, 0.3) is 0 Å². The highest BCUT2D eigenvalue weighted by atomic mass is 32.2. The van der Waals surface area contributed by atoms with Crippen LogP contribution in [0.5, 0.6) is 17.2 Å². The lowest BCUT2D eigenvalue weighted by atomic mass is 10.2. The Hall–Kier alpha value is -3.26. The van der Waals surface area contributed by atoms with Crippen molar-refractivity contribution in [3.05, 3.63) is 53.7 Å². The number of nitrogens with zero attached hydrogens (tertiary/aromatic N) is 2. The molecule has 0 radical (unpaired) electrons. The van der Waals surface area contributed by atoms with Crippen LogP contribution in [-0.2, 0) is 4.79 Å². The Labute approximate surface area is 179 Å². The maximum absolute atomic E-state index is 12.3. The van der Waals surface area contributed by atoms with Crippen molar-refractivity contribution < 1.29 is 19.0 Å². The fourth-order valence-corrected chi connectivity index (χ4v) is 3.89. The number of methoxy groups -OCH3 is 3. The van der Waals surface area contributed by atoms with Crippen LogP contribution in [0.2, 0.25) is 0 Å². The van der Waals surface area contributed by atoms with Gasteiger partial charge in [0.05, 0.1) is 33.3 Å². The molecule has 156 valence electrons. The number of thioether (sulfide) groups is 1. The third-order valence-corrected chi connectivity index (χ3v) is 5.35. The number of nitrogens with one attached hydrogen (secondary N) is 1. The minimum absolute atomic E-state index is 0.211. The van der Waals surface area contributed by atoms with E-state index < -0.39 is 0 Å². The number of benzene rings is 2. The Morgan fingerprint density at radius 2 is 1.83 bits per heavy atom. The number of rotatable bonds is 8. The summed E-state index contributed by atoms with van der Waals surface area (Å²) in [6.45, 7) is 1.92. The minimum atomic E-state index is -0.219. The van der Waals surface area contributed by atoms with E-state index in [1.807, 2.05) is 43.3 Å². The van der Waals surface area contributed by atoms with Crippen LogP contribution >= 0.6 is 11.8 Å². The van der Waals surface area contributed by atoms with Gasteiger partial charge in [-0.25, -0.2) is 10.4 Å². The fraction of sp³-hybridized carbons (Fsp3) is 0.227. The third kappa shape index (κ3) is 4.83. The Balaban J connectivity index is 1.68. The first-order valence-corrected chi connectivity index (χ1v) is 10.2. The Kier molecular flexibility index (Phi) is 7.13. The fourth-order valence-electron chi connectivity index (χ4n) is 2.96. The normalized spacial score (nSPS) is 10.9. The predicted octanol–water partition coefficient (Wildman–Crippen LogP) is 3.81. The molecule has 0 spiro atoms. The van der Waals surface area contributed by atoms with Crippen molar-refractivity contribution >= 4 is 34.8 Å². The number of ether oxygens (including phenoxy) is 3. The van der Waals surface area contributed by atoms with Crippen molar-refractivity contribution in [3.8, 4) is 17.2 Å². The zero-order valence-electron chi connectivity index (χ0n) is 17.3. The number of hydrazone groups is 1. The van der Waals surface area contributed by atoms with E-state index in [9.17, 15) is 4.79 Å². The van der Waals surface area contributed by atoms with Gasteiger partial charge in [0.15, 0.2) is 11.5 Å². The van der Waals surface area contributed by atoms with Gasteiger partial charge >= 0.3 is 0 Å². The highest BCUT2D eigenvalue weighted by molar-refractivity contribution is 8.00. The van der Waals surface area contributed by atoms with Crippen LogP contribution in [-0.4, -0.2) is 44.2 Å². The SMILES string of the molecule is COc1cccc(/C=N\NC(=O)CSc2cc(C)nc3c(OC)cccc23)c1OC. The number of para-hydroxylation sites is 2. The molecule has 8 heteroatoms. The molecular formula is C22H23N3O4S. The summed E-state index contributed by atoms with van der Waals surface area (Å²) in [5, 5.41) is 4.99. The van der Waals surface area contributed by atoms with Crippen LogP contribution in [0.4, 0.5) is 0 Å². The van der Waals surface area contributed by atoms with Crippen LogP contribution < -0.4 is 19.6 Å². The van der Waals surface area contributed by atoms with E-state index in [4.69, 9.17) is 14.2 Å². The summed E-state index contributed by atoms with van der Waals surface area (Å²) < 4.78 is 16.0. The lowest BCUT2D eigenvalue weighted by Crippen LogP contribution is -2.19. The number of carbonyl (C=O) groups excluding carboxylic acids is 1. The summed E-state index contributed by atoms with van der Waals surface area (Å²) in [6, 6.07) is 13.2. The molecule has 2 aromatic carbocycles. The first-order chi connectivity index (χ1) is 14.6. The second-order valence-corrected chi connectivity index (χ2v) is 7.30. The molecule has 30 heavy (non-hydrogen) atoms. The van der Waals surface area contributed by atoms with E-state index in [1.54, 1.807) is 27.4 Å². The van der Waals surface area contributed by atoms with Gasteiger partial charge in [0.2, 0.25) is 5.91 Å². The molecule has 0 aliphatic carbocycles. The number of pyridine rings is 1. The summed E-state index contributed by atoms with van der Waals surface area (Å²) in [5.74, 6) is 1.85. The predicted molar refractivity (Wildman–Crippen MR) is 119 cm³/mol. The second kappa shape index (κ2) is 9.98. The zero-order chi connectivity index (χ0) is 21.5. The number of aryl methyl sites for hydroxylation is 1. The molecule has 0 bridgehead atoms. The lowest BCUT2D eigenvalue weighted by molar-refractivity contribution is -0.118. The van der Waals surface area contributed by atoms with Gasteiger partial charge in [-0.2, -0.15) is 5.10 Å². The molecule has 7 nitrogen and oxygen atoms in total. The molecule has 0 atom stereocenters. The zero-order valence-corrected chi connectivity index (χ0v) is 18.1. The standard InChI is InChI=1S/C22H23N3O4S/c1-14-11-19(16-8-6-9-17(27-2)21(16)24-14)30-13-20(26)25-23-12-15-7-5-10-18(28-3)22(15)29-4/h5-12H,13H2,1-4H3,(H,25,26)/b23-12-. The van der Waals surface area contributed by atoms with Gasteiger partial charge in [0, 0.05) is 21.5 Å². The van der Waals surface area contributed by atoms with Gasteiger partial charge in [0.1, 0.15) is 11.3 Å². The van der Waals surface area contributed by atoms with Crippen molar-refractivity contribution in [1.29, 1.82) is 0 Å². The van der Waals surface area contributed by atoms with Crippen molar-refractivity contribution in [2.45, 2.75) is 11.8 Å².